The molecule has 3 nitrogen and oxygen atoms in total. The third kappa shape index (κ3) is 1.89. The molecule has 92 valence electrons. The number of rotatable bonds is 3. The molecule has 0 bridgehead atoms. The molecular weight excluding hydrogens is 198 g/mol. The fraction of sp³-hybridized carbons (Fsp3) is 1.00. The number of nitrogens with zero attached hydrogens (tertiary/aromatic N) is 2. The molecule has 0 aromatic rings. The molecule has 2 N–H and O–H groups in total. The van der Waals surface area contributed by atoms with Crippen LogP contribution in [0.1, 0.15) is 32.6 Å². The van der Waals surface area contributed by atoms with Gasteiger partial charge in [0.25, 0.3) is 0 Å². The fourth-order valence-corrected chi connectivity index (χ4v) is 3.75. The summed E-state index contributed by atoms with van der Waals surface area (Å²) in [5, 5.41) is 0. The van der Waals surface area contributed by atoms with E-state index in [0.717, 1.165) is 18.5 Å². The first-order chi connectivity index (χ1) is 7.79. The Balaban J connectivity index is 1.69. The van der Waals surface area contributed by atoms with Gasteiger partial charge in [-0.05, 0) is 45.1 Å². The number of fused-ring (bicyclic) bond motifs is 1. The summed E-state index contributed by atoms with van der Waals surface area (Å²) in [4.78, 5) is 5.42. The van der Waals surface area contributed by atoms with E-state index in [9.17, 15) is 0 Å². The highest BCUT2D eigenvalue weighted by Gasteiger charge is 2.41. The van der Waals surface area contributed by atoms with E-state index in [1.165, 1.54) is 45.3 Å². The highest BCUT2D eigenvalue weighted by Crippen LogP contribution is 2.37. The van der Waals surface area contributed by atoms with Gasteiger partial charge in [0.1, 0.15) is 0 Å². The highest BCUT2D eigenvalue weighted by molar-refractivity contribution is 4.97. The highest BCUT2D eigenvalue weighted by atomic mass is 15.3. The van der Waals surface area contributed by atoms with Crippen LogP contribution in [0.15, 0.2) is 0 Å². The molecule has 3 fully saturated rings. The van der Waals surface area contributed by atoms with Gasteiger partial charge < -0.3 is 5.73 Å². The maximum absolute atomic E-state index is 5.99. The van der Waals surface area contributed by atoms with E-state index in [1.807, 2.05) is 0 Å². The van der Waals surface area contributed by atoms with Gasteiger partial charge in [0.2, 0.25) is 0 Å². The van der Waals surface area contributed by atoms with Gasteiger partial charge in [-0.1, -0.05) is 0 Å². The molecule has 1 saturated carbocycles. The summed E-state index contributed by atoms with van der Waals surface area (Å²) in [6, 6.07) is 2.23. The lowest BCUT2D eigenvalue weighted by atomic mass is 10.0. The first-order valence-corrected chi connectivity index (χ1v) is 6.99. The topological polar surface area (TPSA) is 32.5 Å². The van der Waals surface area contributed by atoms with Crippen molar-refractivity contribution in [2.75, 3.05) is 26.2 Å². The number of piperazine rings is 1. The van der Waals surface area contributed by atoms with Crippen LogP contribution in [-0.2, 0) is 0 Å². The minimum atomic E-state index is 0.678. The van der Waals surface area contributed by atoms with E-state index < -0.39 is 0 Å². The van der Waals surface area contributed by atoms with E-state index in [4.69, 9.17) is 5.73 Å². The summed E-state index contributed by atoms with van der Waals surface area (Å²) in [6.07, 6.45) is 5.64. The van der Waals surface area contributed by atoms with Crippen LogP contribution < -0.4 is 5.73 Å². The molecule has 3 atom stereocenters. The maximum atomic E-state index is 5.99. The second-order valence-corrected chi connectivity index (χ2v) is 5.98. The van der Waals surface area contributed by atoms with Crippen LogP contribution in [-0.4, -0.2) is 54.1 Å². The van der Waals surface area contributed by atoms with Crippen LogP contribution in [0.4, 0.5) is 0 Å². The third-order valence-electron chi connectivity index (χ3n) is 4.82. The van der Waals surface area contributed by atoms with Crippen molar-refractivity contribution in [1.82, 2.24) is 9.80 Å². The molecule has 0 amide bonds. The molecular formula is C13H25N3. The minimum Gasteiger partial charge on any atom is -0.329 e. The number of hydrogen-bond donors (Lipinski definition) is 1. The first-order valence-electron chi connectivity index (χ1n) is 6.99. The number of hydrogen-bond acceptors (Lipinski definition) is 3. The molecule has 3 rings (SSSR count). The van der Waals surface area contributed by atoms with Gasteiger partial charge in [-0.15, -0.1) is 0 Å². The summed E-state index contributed by atoms with van der Waals surface area (Å²) in [5.41, 5.74) is 5.99. The van der Waals surface area contributed by atoms with E-state index in [-0.39, 0.29) is 0 Å². The minimum absolute atomic E-state index is 0.678. The zero-order chi connectivity index (χ0) is 11.1. The van der Waals surface area contributed by atoms with E-state index in [0.29, 0.717) is 12.1 Å². The van der Waals surface area contributed by atoms with Gasteiger partial charge in [0.05, 0.1) is 0 Å². The van der Waals surface area contributed by atoms with Crippen molar-refractivity contribution in [3.8, 4) is 0 Å². The van der Waals surface area contributed by atoms with Gasteiger partial charge in [-0.25, -0.2) is 0 Å². The fourth-order valence-electron chi connectivity index (χ4n) is 3.75. The molecule has 2 heterocycles. The van der Waals surface area contributed by atoms with Crippen molar-refractivity contribution in [2.24, 2.45) is 11.7 Å². The molecule has 0 aromatic heterocycles. The van der Waals surface area contributed by atoms with Crippen molar-refractivity contribution in [3.63, 3.8) is 0 Å². The largest absolute Gasteiger partial charge is 0.329 e. The quantitative estimate of drug-likeness (QED) is 0.771. The zero-order valence-corrected chi connectivity index (χ0v) is 10.4. The van der Waals surface area contributed by atoms with E-state index in [2.05, 4.69) is 16.7 Å². The van der Waals surface area contributed by atoms with Crippen molar-refractivity contribution in [3.05, 3.63) is 0 Å². The van der Waals surface area contributed by atoms with Crippen molar-refractivity contribution in [2.45, 2.75) is 50.7 Å². The molecule has 3 heteroatoms. The zero-order valence-electron chi connectivity index (χ0n) is 10.4. The van der Waals surface area contributed by atoms with E-state index in [1.54, 1.807) is 0 Å². The summed E-state index contributed by atoms with van der Waals surface area (Å²) in [5.74, 6) is 0.917. The van der Waals surface area contributed by atoms with Gasteiger partial charge in [0, 0.05) is 37.8 Å². The molecule has 1 aliphatic carbocycles. The average Bonchev–Trinajstić information content (AvgIpc) is 3.00. The molecule has 16 heavy (non-hydrogen) atoms. The lowest BCUT2D eigenvalue weighted by molar-refractivity contribution is 0.0235. The number of nitrogens with two attached hydrogens (primary N) is 1. The van der Waals surface area contributed by atoms with Crippen LogP contribution in [0, 0.1) is 5.92 Å². The average molecular weight is 223 g/mol. The molecule has 2 saturated heterocycles. The Bertz CT molecular complexity index is 252. The molecule has 0 spiro atoms. The van der Waals surface area contributed by atoms with Gasteiger partial charge in [0.15, 0.2) is 0 Å². The van der Waals surface area contributed by atoms with Crippen LogP contribution >= 0.6 is 0 Å². The smallest absolute Gasteiger partial charge is 0.0250 e. The summed E-state index contributed by atoms with van der Waals surface area (Å²) in [7, 11) is 0. The van der Waals surface area contributed by atoms with Crippen LogP contribution in [0.25, 0.3) is 0 Å². The van der Waals surface area contributed by atoms with Crippen molar-refractivity contribution >= 4 is 0 Å². The summed E-state index contributed by atoms with van der Waals surface area (Å²) in [6.45, 7) is 7.13. The second kappa shape index (κ2) is 4.28. The molecule has 0 radical (unpaired) electrons. The van der Waals surface area contributed by atoms with Crippen LogP contribution in [0.5, 0.6) is 0 Å². The summed E-state index contributed by atoms with van der Waals surface area (Å²) >= 11 is 0. The maximum Gasteiger partial charge on any atom is 0.0250 e. The lowest BCUT2D eigenvalue weighted by Crippen LogP contribution is -2.59. The first kappa shape index (κ1) is 11.0. The molecule has 3 aliphatic rings. The predicted molar refractivity (Wildman–Crippen MR) is 66.3 cm³/mol. The molecule has 2 aliphatic heterocycles. The van der Waals surface area contributed by atoms with E-state index >= 15 is 0 Å². The Morgan fingerprint density at radius 2 is 2.06 bits per heavy atom. The van der Waals surface area contributed by atoms with Gasteiger partial charge in [-0.3, -0.25) is 9.80 Å². The Morgan fingerprint density at radius 3 is 2.75 bits per heavy atom. The lowest BCUT2D eigenvalue weighted by Gasteiger charge is -2.46. The SMILES string of the molecule is CC1CN2CCCC2CN1C(CN)C1CC1. The van der Waals surface area contributed by atoms with Crippen molar-refractivity contribution < 1.29 is 0 Å². The second-order valence-electron chi connectivity index (χ2n) is 5.98. The Morgan fingerprint density at radius 1 is 1.25 bits per heavy atom. The van der Waals surface area contributed by atoms with Crippen LogP contribution in [0.2, 0.25) is 0 Å². The standard InChI is InChI=1S/C13H25N3/c1-10-8-15-6-2-3-12(15)9-16(10)13(7-14)11-4-5-11/h10-13H,2-9,14H2,1H3. The molecule has 3 unspecified atom stereocenters. The predicted octanol–water partition coefficient (Wildman–Crippen LogP) is 0.892. The van der Waals surface area contributed by atoms with Gasteiger partial charge >= 0.3 is 0 Å². The Hall–Kier alpha value is -0.120. The summed E-state index contributed by atoms with van der Waals surface area (Å²) < 4.78 is 0. The van der Waals surface area contributed by atoms with Gasteiger partial charge in [-0.2, -0.15) is 0 Å². The Kier molecular flexibility index (Phi) is 2.94. The van der Waals surface area contributed by atoms with Crippen LogP contribution in [0.3, 0.4) is 0 Å². The van der Waals surface area contributed by atoms with Crippen molar-refractivity contribution in [1.29, 1.82) is 0 Å². The monoisotopic (exact) mass is 223 g/mol. The molecule has 0 aromatic carbocycles. The Labute approximate surface area is 99.0 Å². The normalized spacial score (nSPS) is 38.6. The third-order valence-corrected chi connectivity index (χ3v) is 4.82.